The first-order valence-electron chi connectivity index (χ1n) is 12.3. The summed E-state index contributed by atoms with van der Waals surface area (Å²) in [6, 6.07) is 13.6. The summed E-state index contributed by atoms with van der Waals surface area (Å²) < 4.78 is 111. The van der Waals surface area contributed by atoms with Gasteiger partial charge in [0.1, 0.15) is 17.2 Å². The predicted molar refractivity (Wildman–Crippen MR) is 144 cm³/mol. The van der Waals surface area contributed by atoms with Crippen LogP contribution in [0.15, 0.2) is 66.2 Å². The second-order valence-corrected chi connectivity index (χ2v) is 9.59. The summed E-state index contributed by atoms with van der Waals surface area (Å²) in [6.45, 7) is 1.43. The van der Waals surface area contributed by atoms with E-state index in [1.54, 1.807) is 30.3 Å². The zero-order valence-electron chi connectivity index (χ0n) is 21.7. The van der Waals surface area contributed by atoms with Crippen LogP contribution in [0.25, 0.3) is 12.2 Å². The van der Waals surface area contributed by atoms with Gasteiger partial charge < -0.3 is 18.9 Å². The molecule has 5 rings (SSSR count). The van der Waals surface area contributed by atoms with Crippen LogP contribution in [0.4, 0.5) is 30.7 Å². The van der Waals surface area contributed by atoms with Crippen molar-refractivity contribution in [2.45, 2.75) is 31.5 Å². The lowest BCUT2D eigenvalue weighted by molar-refractivity contribution is -0.187. The van der Waals surface area contributed by atoms with Gasteiger partial charge in [-0.05, 0) is 61.5 Å². The molecule has 2 heterocycles. The lowest BCUT2D eigenvalue weighted by Crippen LogP contribution is -2.40. The Morgan fingerprint density at radius 3 is 2.09 bits per heavy atom. The summed E-state index contributed by atoms with van der Waals surface area (Å²) in [5.74, 6) is -1.64. The third kappa shape index (κ3) is 7.37. The molecule has 14 heteroatoms. The average molecular weight is 651 g/mol. The van der Waals surface area contributed by atoms with Gasteiger partial charge in [0, 0.05) is 0 Å². The maximum atomic E-state index is 13.4. The quantitative estimate of drug-likeness (QED) is 0.208. The molecule has 2 aliphatic heterocycles. The highest BCUT2D eigenvalue weighted by Crippen LogP contribution is 2.45. The minimum atomic E-state index is -4.80. The number of carbonyl (C=O) groups is 1. The fraction of sp³-hybridized carbons (Fsp3) is 0.207. The van der Waals surface area contributed by atoms with E-state index < -0.39 is 41.9 Å². The fourth-order valence-electron chi connectivity index (χ4n) is 3.89. The zero-order valence-corrected chi connectivity index (χ0v) is 23.2. The van der Waals surface area contributed by atoms with Gasteiger partial charge in [0.05, 0.1) is 33.4 Å². The Kier molecular flexibility index (Phi) is 9.50. The molecule has 3 aromatic rings. The smallest absolute Gasteiger partial charge is 0.430 e. The van der Waals surface area contributed by atoms with E-state index in [2.05, 4.69) is 4.74 Å². The van der Waals surface area contributed by atoms with Crippen molar-refractivity contribution in [2.75, 3.05) is 6.61 Å². The van der Waals surface area contributed by atoms with Crippen molar-refractivity contribution in [3.63, 3.8) is 0 Å². The third-order valence-electron chi connectivity index (χ3n) is 5.81. The van der Waals surface area contributed by atoms with Crippen molar-refractivity contribution < 1.29 is 54.5 Å². The first kappa shape index (κ1) is 32.0. The van der Waals surface area contributed by atoms with Crippen LogP contribution in [0, 0.1) is 5.82 Å². The van der Waals surface area contributed by atoms with Crippen molar-refractivity contribution >= 4 is 41.3 Å². The van der Waals surface area contributed by atoms with Crippen molar-refractivity contribution in [3.05, 3.63) is 93.2 Å². The molecule has 0 saturated carbocycles. The molecule has 0 aliphatic carbocycles. The van der Waals surface area contributed by atoms with Gasteiger partial charge in [-0.15, -0.1) is 0 Å². The van der Waals surface area contributed by atoms with Gasteiger partial charge in [-0.1, -0.05) is 41.4 Å². The number of ether oxygens (including phenoxy) is 4. The van der Waals surface area contributed by atoms with Gasteiger partial charge in [-0.2, -0.15) is 26.3 Å². The summed E-state index contributed by atoms with van der Waals surface area (Å²) in [7, 11) is 0. The monoisotopic (exact) mass is 650 g/mol. The Labute approximate surface area is 250 Å². The standard InChI is InChI=1S/C19H14ClF3O4.C10H5ClF4O/c1-2-25-18(24)13-10-12-15(27-17(13)19(21,22)23)9-8-14(20)16(12)26-11-6-4-3-5-7-11;11-6-2-3-7-5(9(6)12)1-4-8(16-7)10(13,14)15/h3-10,17H,2H2,1H3;1-4,8H. The second-order valence-electron chi connectivity index (χ2n) is 8.78. The third-order valence-corrected chi connectivity index (χ3v) is 6.40. The number of hydrogen-bond acceptors (Lipinski definition) is 5. The van der Waals surface area contributed by atoms with E-state index in [9.17, 15) is 35.5 Å². The van der Waals surface area contributed by atoms with E-state index in [-0.39, 0.29) is 45.0 Å². The van der Waals surface area contributed by atoms with E-state index >= 15 is 0 Å². The van der Waals surface area contributed by atoms with Gasteiger partial charge in [0.2, 0.25) is 12.2 Å². The molecule has 5 nitrogen and oxygen atoms in total. The number of benzene rings is 3. The number of esters is 1. The second kappa shape index (κ2) is 12.8. The molecule has 0 spiro atoms. The molecule has 0 saturated heterocycles. The SMILES string of the molecule is CCOC(=O)C1=Cc2c(ccc(Cl)c2Oc2ccccc2)OC1C(F)(F)F.Fc1c(Cl)ccc2c1C=CC(C(F)(F)F)O2. The topological polar surface area (TPSA) is 54.0 Å². The maximum Gasteiger partial charge on any atom is 0.430 e. The highest BCUT2D eigenvalue weighted by molar-refractivity contribution is 6.32. The Morgan fingerprint density at radius 2 is 1.49 bits per heavy atom. The largest absolute Gasteiger partial charge is 0.476 e. The van der Waals surface area contributed by atoms with Crippen molar-refractivity contribution in [3.8, 4) is 23.0 Å². The molecule has 0 fully saturated rings. The molecule has 3 aromatic carbocycles. The van der Waals surface area contributed by atoms with Crippen LogP contribution in [0.5, 0.6) is 23.0 Å². The molecule has 0 aromatic heterocycles. The van der Waals surface area contributed by atoms with E-state index in [0.717, 1.165) is 24.3 Å². The Hall–Kier alpha value is -3.90. The number of hydrogen-bond donors (Lipinski definition) is 0. The minimum absolute atomic E-state index is 0.0620. The summed E-state index contributed by atoms with van der Waals surface area (Å²) in [4.78, 5) is 12.1. The van der Waals surface area contributed by atoms with Crippen LogP contribution >= 0.6 is 23.2 Å². The van der Waals surface area contributed by atoms with Crippen molar-refractivity contribution in [2.24, 2.45) is 0 Å². The number of halogens is 9. The first-order chi connectivity index (χ1) is 20.2. The lowest BCUT2D eigenvalue weighted by Gasteiger charge is -2.28. The maximum absolute atomic E-state index is 13.4. The van der Waals surface area contributed by atoms with E-state index in [1.807, 2.05) is 0 Å². The van der Waals surface area contributed by atoms with E-state index in [4.69, 9.17) is 37.4 Å². The zero-order chi connectivity index (χ0) is 31.5. The Bertz CT molecular complexity index is 1550. The fourth-order valence-corrected chi connectivity index (χ4v) is 4.26. The predicted octanol–water partition coefficient (Wildman–Crippen LogP) is 9.22. The van der Waals surface area contributed by atoms with Crippen LogP contribution in [0.2, 0.25) is 10.0 Å². The van der Waals surface area contributed by atoms with Crippen LogP contribution in [-0.4, -0.2) is 37.1 Å². The molecule has 0 N–H and O–H groups in total. The molecular formula is C29H19Cl2F7O5. The summed E-state index contributed by atoms with van der Waals surface area (Å²) >= 11 is 11.7. The summed E-state index contributed by atoms with van der Waals surface area (Å²) in [5.41, 5.74) is -0.597. The first-order valence-corrected chi connectivity index (χ1v) is 13.0. The van der Waals surface area contributed by atoms with E-state index in [0.29, 0.717) is 5.75 Å². The molecule has 2 atom stereocenters. The van der Waals surface area contributed by atoms with Gasteiger partial charge in [-0.3, -0.25) is 0 Å². The molecule has 43 heavy (non-hydrogen) atoms. The van der Waals surface area contributed by atoms with Crippen LogP contribution in [-0.2, 0) is 9.53 Å². The summed E-state index contributed by atoms with van der Waals surface area (Å²) in [6.07, 6.45) is -10.9. The van der Waals surface area contributed by atoms with Gasteiger partial charge in [0.15, 0.2) is 11.6 Å². The molecule has 2 aliphatic rings. The minimum Gasteiger partial charge on any atom is -0.476 e. The number of para-hydroxylation sites is 1. The summed E-state index contributed by atoms with van der Waals surface area (Å²) in [5, 5.41) is 0.00331. The van der Waals surface area contributed by atoms with Crippen LogP contribution in [0.1, 0.15) is 18.1 Å². The molecular weight excluding hydrogens is 632 g/mol. The Balaban J connectivity index is 0.000000225. The molecule has 228 valence electrons. The molecule has 0 radical (unpaired) electrons. The van der Waals surface area contributed by atoms with Crippen LogP contribution < -0.4 is 14.2 Å². The van der Waals surface area contributed by atoms with E-state index in [1.165, 1.54) is 25.1 Å². The van der Waals surface area contributed by atoms with Gasteiger partial charge >= 0.3 is 18.3 Å². The molecule has 0 bridgehead atoms. The average Bonchev–Trinajstić information content (AvgIpc) is 2.96. The number of carbonyl (C=O) groups excluding carboxylic acids is 1. The number of fused-ring (bicyclic) bond motifs is 2. The highest BCUT2D eigenvalue weighted by Gasteiger charge is 2.49. The number of rotatable bonds is 4. The van der Waals surface area contributed by atoms with Gasteiger partial charge in [-0.25, -0.2) is 9.18 Å². The van der Waals surface area contributed by atoms with Crippen molar-refractivity contribution in [1.29, 1.82) is 0 Å². The lowest BCUT2D eigenvalue weighted by atomic mass is 10.0. The van der Waals surface area contributed by atoms with Gasteiger partial charge in [0.25, 0.3) is 0 Å². The molecule has 0 amide bonds. The Morgan fingerprint density at radius 1 is 0.860 bits per heavy atom. The normalized spacial score (nSPS) is 17.2. The highest BCUT2D eigenvalue weighted by atomic mass is 35.5. The number of alkyl halides is 6. The van der Waals surface area contributed by atoms with Crippen molar-refractivity contribution in [1.82, 2.24) is 0 Å². The van der Waals surface area contributed by atoms with Crippen LogP contribution in [0.3, 0.4) is 0 Å². The molecule has 2 unspecified atom stereocenters.